The van der Waals surface area contributed by atoms with Gasteiger partial charge >= 0.3 is 5.97 Å². The molecule has 1 aromatic heterocycles. The maximum absolute atomic E-state index is 13.2. The fourth-order valence-corrected chi connectivity index (χ4v) is 5.24. The molecule has 2 N–H and O–H groups in total. The lowest BCUT2D eigenvalue weighted by atomic mass is 9.73. The van der Waals surface area contributed by atoms with Crippen LogP contribution in [0.5, 0.6) is 0 Å². The molecule has 0 amide bonds. The number of epoxide rings is 1. The number of hydrogen-bond donors (Lipinski definition) is 2. The first-order chi connectivity index (χ1) is 16.2. The highest BCUT2D eigenvalue weighted by atomic mass is 32.1. The number of aliphatic hydroxyl groups excluding tert-OH is 2. The van der Waals surface area contributed by atoms with Gasteiger partial charge in [0.1, 0.15) is 11.9 Å². The third-order valence-corrected chi connectivity index (χ3v) is 8.30. The molecule has 2 aliphatic heterocycles. The molecule has 8 heteroatoms. The van der Waals surface area contributed by atoms with Crippen molar-refractivity contribution in [3.63, 3.8) is 0 Å². The number of fused-ring (bicyclic) bond motifs is 1. The van der Waals surface area contributed by atoms with Crippen LogP contribution in [0.2, 0.25) is 0 Å². The van der Waals surface area contributed by atoms with Crippen molar-refractivity contribution < 1.29 is 29.3 Å². The number of ketones is 1. The van der Waals surface area contributed by atoms with E-state index in [1.807, 2.05) is 51.3 Å². The van der Waals surface area contributed by atoms with E-state index in [0.29, 0.717) is 12.8 Å². The van der Waals surface area contributed by atoms with E-state index < -0.39 is 35.6 Å². The van der Waals surface area contributed by atoms with Crippen molar-refractivity contribution in [1.29, 1.82) is 0 Å². The number of aromatic nitrogens is 1. The van der Waals surface area contributed by atoms with Crippen molar-refractivity contribution in [2.24, 2.45) is 17.3 Å². The van der Waals surface area contributed by atoms with Gasteiger partial charge in [0.05, 0.1) is 46.5 Å². The summed E-state index contributed by atoms with van der Waals surface area (Å²) >= 11 is 1.55. The van der Waals surface area contributed by atoms with Crippen molar-refractivity contribution in [3.8, 4) is 0 Å². The summed E-state index contributed by atoms with van der Waals surface area (Å²) in [5, 5.41) is 24.5. The molecule has 2 aliphatic rings. The molecule has 0 saturated carbocycles. The van der Waals surface area contributed by atoms with E-state index in [0.717, 1.165) is 16.3 Å². The first kappa shape index (κ1) is 27.7. The molecule has 35 heavy (non-hydrogen) atoms. The van der Waals surface area contributed by atoms with Crippen LogP contribution in [0.3, 0.4) is 0 Å². The highest BCUT2D eigenvalue weighted by Gasteiger charge is 2.52. The summed E-state index contributed by atoms with van der Waals surface area (Å²) in [6.45, 7) is 12.6. The lowest BCUT2D eigenvalue weighted by Gasteiger charge is -2.34. The van der Waals surface area contributed by atoms with E-state index in [2.05, 4.69) is 4.98 Å². The number of hydrogen-bond acceptors (Lipinski definition) is 8. The van der Waals surface area contributed by atoms with Crippen LogP contribution in [0.4, 0.5) is 0 Å². The zero-order chi connectivity index (χ0) is 26.1. The molecule has 7 atom stereocenters. The van der Waals surface area contributed by atoms with E-state index in [4.69, 9.17) is 9.47 Å². The number of thiazole rings is 1. The molecule has 3 heterocycles. The Morgan fingerprint density at radius 2 is 1.91 bits per heavy atom. The molecular weight excluding hydrogens is 466 g/mol. The molecule has 7 nitrogen and oxygen atoms in total. The molecule has 1 saturated heterocycles. The fourth-order valence-electron chi connectivity index (χ4n) is 4.67. The number of cyclic esters (lactones) is 1. The second kappa shape index (κ2) is 10.6. The number of aliphatic hydroxyl groups is 2. The van der Waals surface area contributed by atoms with Crippen LogP contribution in [0.1, 0.15) is 71.5 Å². The lowest BCUT2D eigenvalue weighted by molar-refractivity contribution is -0.154. The minimum Gasteiger partial charge on any atom is -0.458 e. The highest BCUT2D eigenvalue weighted by molar-refractivity contribution is 7.09. The first-order valence-electron chi connectivity index (χ1n) is 12.3. The second-order valence-corrected chi connectivity index (χ2v) is 12.0. The zero-order valence-corrected chi connectivity index (χ0v) is 22.6. The zero-order valence-electron chi connectivity index (χ0n) is 21.8. The molecular formula is C27H39NO6S. The fraction of sp³-hybridized carbons (Fsp3) is 0.667. The Labute approximate surface area is 212 Å². The average Bonchev–Trinajstić information content (AvgIpc) is 3.22. The minimum absolute atomic E-state index is 0.0968. The molecule has 1 fully saturated rings. The number of nitrogens with zero attached hydrogens (tertiary/aromatic N) is 1. The van der Waals surface area contributed by atoms with E-state index in [1.54, 1.807) is 32.1 Å². The van der Waals surface area contributed by atoms with Crippen molar-refractivity contribution in [2.45, 2.75) is 97.7 Å². The average molecular weight is 506 g/mol. The summed E-state index contributed by atoms with van der Waals surface area (Å²) in [6.07, 6.45) is 3.84. The number of Topliss-reactive ketones (excluding diaryl/α,β-unsaturated/α-hetero) is 1. The van der Waals surface area contributed by atoms with Crippen molar-refractivity contribution >= 4 is 29.2 Å². The van der Waals surface area contributed by atoms with E-state index in [-0.39, 0.29) is 29.8 Å². The third kappa shape index (κ3) is 6.47. The minimum atomic E-state index is -1.25. The monoisotopic (exact) mass is 505 g/mol. The van der Waals surface area contributed by atoms with Gasteiger partial charge in [0.2, 0.25) is 0 Å². The van der Waals surface area contributed by atoms with Gasteiger partial charge in [-0.2, -0.15) is 0 Å². The van der Waals surface area contributed by atoms with Crippen molar-refractivity contribution in [2.75, 3.05) is 0 Å². The van der Waals surface area contributed by atoms with Crippen LogP contribution in [0.15, 0.2) is 23.1 Å². The molecule has 3 rings (SSSR count). The normalized spacial score (nSPS) is 37.9. The number of ether oxygens (including phenoxy) is 2. The largest absolute Gasteiger partial charge is 0.458 e. The Morgan fingerprint density at radius 3 is 2.54 bits per heavy atom. The third-order valence-electron chi connectivity index (χ3n) is 7.51. The number of rotatable bonds is 2. The smallest absolute Gasteiger partial charge is 0.309 e. The highest BCUT2D eigenvalue weighted by Crippen LogP contribution is 2.44. The number of aryl methyl sites for hydroxylation is 1. The second-order valence-electron chi connectivity index (χ2n) is 10.9. The summed E-state index contributed by atoms with van der Waals surface area (Å²) in [4.78, 5) is 30.6. The SMILES string of the molecule is C/C(=C\c1csc(C)n1)[C@@H]1C[C@@H]2O[C@]2(C)C/C=C\[C@H](C)[C@H](O)[C@@H](C)C(=O)C(C)(C)[C@@H](O)CC(=O)O1. The van der Waals surface area contributed by atoms with Crippen LogP contribution < -0.4 is 0 Å². The van der Waals surface area contributed by atoms with Gasteiger partial charge in [-0.1, -0.05) is 39.8 Å². The molecule has 194 valence electrons. The summed E-state index contributed by atoms with van der Waals surface area (Å²) in [5.41, 5.74) is 0.0391. The van der Waals surface area contributed by atoms with Crippen LogP contribution in [0, 0.1) is 24.2 Å². The first-order valence-corrected chi connectivity index (χ1v) is 13.2. The Balaban J connectivity index is 1.89. The van der Waals surface area contributed by atoms with Gasteiger partial charge in [-0.3, -0.25) is 9.59 Å². The summed E-state index contributed by atoms with van der Waals surface area (Å²) in [5.74, 6) is -1.83. The van der Waals surface area contributed by atoms with Gasteiger partial charge in [0.25, 0.3) is 0 Å². The van der Waals surface area contributed by atoms with E-state index in [9.17, 15) is 19.8 Å². The summed E-state index contributed by atoms with van der Waals surface area (Å²) in [7, 11) is 0. The Hall–Kier alpha value is -1.87. The van der Waals surface area contributed by atoms with Crippen LogP contribution >= 0.6 is 11.3 Å². The molecule has 0 radical (unpaired) electrons. The topological polar surface area (TPSA) is 109 Å². The molecule has 0 aliphatic carbocycles. The Morgan fingerprint density at radius 1 is 1.23 bits per heavy atom. The van der Waals surface area contributed by atoms with Crippen molar-refractivity contribution in [1.82, 2.24) is 4.98 Å². The van der Waals surface area contributed by atoms with Gasteiger partial charge in [-0.15, -0.1) is 11.3 Å². The lowest BCUT2D eigenvalue weighted by Crippen LogP contribution is -2.45. The summed E-state index contributed by atoms with van der Waals surface area (Å²) in [6, 6.07) is 0. The maximum Gasteiger partial charge on any atom is 0.309 e. The van der Waals surface area contributed by atoms with Crippen LogP contribution in [-0.4, -0.2) is 57.0 Å². The van der Waals surface area contributed by atoms with Crippen molar-refractivity contribution in [3.05, 3.63) is 33.8 Å². The number of carbonyl (C=O) groups is 2. The standard InChI is InChI=1S/C27H39NO6S/c1-15-9-8-10-27(7)22(34-27)12-20(16(2)11-19-14-35-18(4)28-19)33-23(30)13-21(29)26(5,6)25(32)17(3)24(15)31/h8-9,11,14-15,17,20-22,24,29,31H,10,12-13H2,1-7H3/b9-8-,16-11+/t15-,17+,20-,21-,22-,24-,27+/m0/s1. The van der Waals surface area contributed by atoms with Gasteiger partial charge < -0.3 is 19.7 Å². The quantitative estimate of drug-likeness (QED) is 0.351. The van der Waals surface area contributed by atoms with E-state index in [1.165, 1.54) is 0 Å². The Bertz CT molecular complexity index is 998. The van der Waals surface area contributed by atoms with Gasteiger partial charge in [0.15, 0.2) is 0 Å². The Kier molecular flexibility index (Phi) is 8.41. The predicted octanol–water partition coefficient (Wildman–Crippen LogP) is 4.25. The van der Waals surface area contributed by atoms with Crippen LogP contribution in [-0.2, 0) is 19.1 Å². The summed E-state index contributed by atoms with van der Waals surface area (Å²) < 4.78 is 11.9. The predicted molar refractivity (Wildman–Crippen MR) is 136 cm³/mol. The number of esters is 1. The van der Waals surface area contributed by atoms with Gasteiger partial charge in [0, 0.05) is 23.6 Å². The molecule has 0 unspecified atom stereocenters. The molecule has 0 aromatic carbocycles. The molecule has 0 spiro atoms. The maximum atomic E-state index is 13.2. The number of carbonyl (C=O) groups excluding carboxylic acids is 2. The van der Waals surface area contributed by atoms with Gasteiger partial charge in [-0.25, -0.2) is 4.98 Å². The van der Waals surface area contributed by atoms with Gasteiger partial charge in [-0.05, 0) is 38.8 Å². The van der Waals surface area contributed by atoms with Crippen LogP contribution in [0.25, 0.3) is 6.08 Å². The molecule has 1 aromatic rings. The van der Waals surface area contributed by atoms with E-state index >= 15 is 0 Å². The molecule has 0 bridgehead atoms.